The minimum Gasteiger partial charge on any atom is -0.340 e. The maximum atomic E-state index is 13.8. The Morgan fingerprint density at radius 1 is 0.920 bits per heavy atom. The van der Waals surface area contributed by atoms with E-state index in [9.17, 15) is 8.78 Å². The maximum absolute atomic E-state index is 13.8. The van der Waals surface area contributed by atoms with Crippen LogP contribution in [0, 0.1) is 18.6 Å². The lowest BCUT2D eigenvalue weighted by atomic mass is 10.1. The van der Waals surface area contributed by atoms with E-state index >= 15 is 0 Å². The van der Waals surface area contributed by atoms with Gasteiger partial charge in [-0.05, 0) is 43.2 Å². The highest BCUT2D eigenvalue weighted by atomic mass is 19.1. The van der Waals surface area contributed by atoms with Gasteiger partial charge in [0.1, 0.15) is 23.1 Å². The molecular weight excluding hydrogens is 322 g/mol. The second-order valence-corrected chi connectivity index (χ2v) is 5.62. The van der Waals surface area contributed by atoms with Crippen molar-refractivity contribution in [1.82, 2.24) is 9.97 Å². The van der Waals surface area contributed by atoms with Crippen LogP contribution in [0.25, 0.3) is 0 Å². The molecule has 0 aliphatic heterocycles. The number of nitrogens with zero attached hydrogens (tertiary/aromatic N) is 2. The number of halogens is 2. The van der Waals surface area contributed by atoms with Gasteiger partial charge in [0.25, 0.3) is 0 Å². The second kappa shape index (κ2) is 7.25. The Morgan fingerprint density at radius 2 is 1.60 bits per heavy atom. The summed E-state index contributed by atoms with van der Waals surface area (Å²) in [7, 11) is 0. The predicted molar refractivity (Wildman–Crippen MR) is 95.5 cm³/mol. The van der Waals surface area contributed by atoms with E-state index < -0.39 is 11.6 Å². The van der Waals surface area contributed by atoms with Crippen molar-refractivity contribution >= 4 is 23.1 Å². The summed E-state index contributed by atoms with van der Waals surface area (Å²) >= 11 is 0. The topological polar surface area (TPSA) is 49.8 Å². The van der Waals surface area contributed by atoms with Gasteiger partial charge in [-0.3, -0.25) is 0 Å². The first kappa shape index (κ1) is 16.8. The molecule has 3 rings (SSSR count). The lowest BCUT2D eigenvalue weighted by Gasteiger charge is -2.11. The van der Waals surface area contributed by atoms with E-state index in [2.05, 4.69) is 27.5 Å². The van der Waals surface area contributed by atoms with Gasteiger partial charge < -0.3 is 10.6 Å². The van der Waals surface area contributed by atoms with Crippen molar-refractivity contribution in [3.63, 3.8) is 0 Å². The van der Waals surface area contributed by atoms with Gasteiger partial charge in [-0.1, -0.05) is 25.1 Å². The average molecular weight is 340 g/mol. The number of hydrogen-bond acceptors (Lipinski definition) is 4. The highest BCUT2D eigenvalue weighted by molar-refractivity contribution is 5.61. The van der Waals surface area contributed by atoms with Crippen LogP contribution in [0.4, 0.5) is 31.9 Å². The molecule has 2 aromatic carbocycles. The highest BCUT2D eigenvalue weighted by Gasteiger charge is 2.11. The minimum absolute atomic E-state index is 0.122. The van der Waals surface area contributed by atoms with Crippen LogP contribution in [-0.4, -0.2) is 9.97 Å². The smallest absolute Gasteiger partial charge is 0.229 e. The molecule has 0 amide bonds. The Balaban J connectivity index is 1.85. The molecule has 1 heterocycles. The van der Waals surface area contributed by atoms with Crippen LogP contribution in [0.2, 0.25) is 0 Å². The van der Waals surface area contributed by atoms with Crippen LogP contribution in [-0.2, 0) is 6.42 Å². The van der Waals surface area contributed by atoms with Crippen LogP contribution in [0.15, 0.2) is 48.5 Å². The fraction of sp³-hybridized carbons (Fsp3) is 0.158. The van der Waals surface area contributed by atoms with Gasteiger partial charge in [0.15, 0.2) is 0 Å². The molecular formula is C19H18F2N4. The zero-order valence-electron chi connectivity index (χ0n) is 14.0. The number of anilines is 4. The molecule has 0 bridgehead atoms. The molecule has 2 N–H and O–H groups in total. The van der Waals surface area contributed by atoms with Crippen LogP contribution in [0.3, 0.4) is 0 Å². The summed E-state index contributed by atoms with van der Waals surface area (Å²) < 4.78 is 27.6. The summed E-state index contributed by atoms with van der Waals surface area (Å²) in [6.07, 6.45) is 0.967. The number of nitrogens with one attached hydrogen (secondary N) is 2. The Hall–Kier alpha value is -3.02. The first-order valence-electron chi connectivity index (χ1n) is 7.98. The SMILES string of the molecule is CCc1ccc(Nc2cc(C)nc(Nc3c(F)cccc3F)n2)cc1. The van der Waals surface area contributed by atoms with Gasteiger partial charge in [-0.25, -0.2) is 13.8 Å². The molecule has 0 fully saturated rings. The van der Waals surface area contributed by atoms with E-state index in [1.54, 1.807) is 13.0 Å². The summed E-state index contributed by atoms with van der Waals surface area (Å²) in [4.78, 5) is 8.47. The Kier molecular flexibility index (Phi) is 4.88. The van der Waals surface area contributed by atoms with Crippen molar-refractivity contribution in [2.75, 3.05) is 10.6 Å². The quantitative estimate of drug-likeness (QED) is 0.677. The van der Waals surface area contributed by atoms with Crippen molar-refractivity contribution in [2.24, 2.45) is 0 Å². The third kappa shape index (κ3) is 4.09. The molecule has 4 nitrogen and oxygen atoms in total. The van der Waals surface area contributed by atoms with Crippen molar-refractivity contribution in [2.45, 2.75) is 20.3 Å². The van der Waals surface area contributed by atoms with E-state index in [1.807, 2.05) is 24.3 Å². The third-order valence-corrected chi connectivity index (χ3v) is 3.69. The molecule has 6 heteroatoms. The number of aromatic nitrogens is 2. The fourth-order valence-corrected chi connectivity index (χ4v) is 2.39. The first-order valence-corrected chi connectivity index (χ1v) is 7.98. The standard InChI is InChI=1S/C19H18F2N4/c1-3-13-7-9-14(10-8-13)23-17-11-12(2)22-19(24-17)25-18-15(20)5-4-6-16(18)21/h4-11H,3H2,1-2H3,(H2,22,23,24,25). The van der Waals surface area contributed by atoms with Crippen molar-refractivity contribution in [3.8, 4) is 0 Å². The Bertz CT molecular complexity index is 859. The normalized spacial score (nSPS) is 10.6. The summed E-state index contributed by atoms with van der Waals surface area (Å²) in [5.74, 6) is -0.739. The van der Waals surface area contributed by atoms with E-state index in [-0.39, 0.29) is 11.6 Å². The summed E-state index contributed by atoms with van der Waals surface area (Å²) in [5, 5.41) is 5.79. The molecule has 0 spiro atoms. The second-order valence-electron chi connectivity index (χ2n) is 5.62. The Labute approximate surface area is 145 Å². The van der Waals surface area contributed by atoms with Gasteiger partial charge in [0, 0.05) is 17.4 Å². The molecule has 3 aromatic rings. The van der Waals surface area contributed by atoms with E-state index in [4.69, 9.17) is 0 Å². The fourth-order valence-electron chi connectivity index (χ4n) is 2.39. The number of benzene rings is 2. The molecule has 0 atom stereocenters. The minimum atomic E-state index is -0.699. The van der Waals surface area contributed by atoms with Gasteiger partial charge in [0.05, 0.1) is 0 Å². The molecule has 0 radical (unpaired) electrons. The molecule has 0 saturated heterocycles. The molecule has 1 aromatic heterocycles. The van der Waals surface area contributed by atoms with Crippen molar-refractivity contribution in [3.05, 3.63) is 71.4 Å². The number of rotatable bonds is 5. The van der Waals surface area contributed by atoms with Crippen LogP contribution in [0.1, 0.15) is 18.2 Å². The lowest BCUT2D eigenvalue weighted by Crippen LogP contribution is -2.04. The number of aryl methyl sites for hydroxylation is 2. The molecule has 128 valence electrons. The van der Waals surface area contributed by atoms with E-state index in [0.29, 0.717) is 11.5 Å². The lowest BCUT2D eigenvalue weighted by molar-refractivity contribution is 0.590. The molecule has 0 saturated carbocycles. The van der Waals surface area contributed by atoms with Crippen LogP contribution < -0.4 is 10.6 Å². The first-order chi connectivity index (χ1) is 12.0. The average Bonchev–Trinajstić information content (AvgIpc) is 2.58. The molecule has 25 heavy (non-hydrogen) atoms. The zero-order valence-corrected chi connectivity index (χ0v) is 14.0. The van der Waals surface area contributed by atoms with Crippen LogP contribution >= 0.6 is 0 Å². The molecule has 0 aliphatic carbocycles. The van der Waals surface area contributed by atoms with Gasteiger partial charge >= 0.3 is 0 Å². The zero-order chi connectivity index (χ0) is 17.8. The van der Waals surface area contributed by atoms with Gasteiger partial charge in [-0.15, -0.1) is 0 Å². The van der Waals surface area contributed by atoms with Crippen LogP contribution in [0.5, 0.6) is 0 Å². The molecule has 0 aliphatic rings. The monoisotopic (exact) mass is 340 g/mol. The largest absolute Gasteiger partial charge is 0.340 e. The highest BCUT2D eigenvalue weighted by Crippen LogP contribution is 2.23. The Morgan fingerprint density at radius 3 is 2.24 bits per heavy atom. The van der Waals surface area contributed by atoms with Crippen molar-refractivity contribution in [1.29, 1.82) is 0 Å². The molecule has 0 unspecified atom stereocenters. The summed E-state index contributed by atoms with van der Waals surface area (Å²) in [6, 6.07) is 13.4. The van der Waals surface area contributed by atoms with Gasteiger partial charge in [-0.2, -0.15) is 4.98 Å². The van der Waals surface area contributed by atoms with Gasteiger partial charge in [0.2, 0.25) is 5.95 Å². The summed E-state index contributed by atoms with van der Waals surface area (Å²) in [6.45, 7) is 3.88. The van der Waals surface area contributed by atoms with Crippen molar-refractivity contribution < 1.29 is 8.78 Å². The van der Waals surface area contributed by atoms with E-state index in [1.165, 1.54) is 23.8 Å². The summed E-state index contributed by atoms with van der Waals surface area (Å²) in [5.41, 5.74) is 2.51. The number of para-hydroxylation sites is 1. The van der Waals surface area contributed by atoms with E-state index in [0.717, 1.165) is 12.1 Å². The predicted octanol–water partition coefficient (Wildman–Crippen LogP) is 5.11. The maximum Gasteiger partial charge on any atom is 0.229 e. The third-order valence-electron chi connectivity index (χ3n) is 3.69. The number of hydrogen-bond donors (Lipinski definition) is 2.